The summed E-state index contributed by atoms with van der Waals surface area (Å²) in [6.45, 7) is 10.5. The molecule has 0 spiro atoms. The number of rotatable bonds is 6. The van der Waals surface area contributed by atoms with Gasteiger partial charge in [0.2, 0.25) is 0 Å². The van der Waals surface area contributed by atoms with Crippen molar-refractivity contribution in [3.63, 3.8) is 0 Å². The van der Waals surface area contributed by atoms with Gasteiger partial charge in [0.05, 0.1) is 6.10 Å². The molecule has 2 rings (SSSR count). The van der Waals surface area contributed by atoms with Crippen molar-refractivity contribution in [2.75, 3.05) is 26.2 Å². The van der Waals surface area contributed by atoms with Crippen molar-refractivity contribution < 1.29 is 4.74 Å². The number of benzene rings is 1. The first-order chi connectivity index (χ1) is 10.1. The molecule has 0 radical (unpaired) electrons. The highest BCUT2D eigenvalue weighted by Crippen LogP contribution is 2.20. The third kappa shape index (κ3) is 4.80. The molecule has 1 aromatic rings. The topological polar surface area (TPSA) is 38.5 Å². The van der Waals surface area contributed by atoms with Crippen LogP contribution in [-0.2, 0) is 4.74 Å². The molecule has 1 heterocycles. The molecule has 3 nitrogen and oxygen atoms in total. The van der Waals surface area contributed by atoms with Crippen LogP contribution < -0.4 is 5.73 Å². The van der Waals surface area contributed by atoms with Crippen molar-refractivity contribution in [2.45, 2.75) is 51.7 Å². The molecule has 1 fully saturated rings. The first-order valence-electron chi connectivity index (χ1n) is 8.29. The zero-order chi connectivity index (χ0) is 15.2. The first-order valence-corrected chi connectivity index (χ1v) is 8.29. The Balaban J connectivity index is 1.83. The van der Waals surface area contributed by atoms with Crippen LogP contribution in [0.3, 0.4) is 0 Å². The quantitative estimate of drug-likeness (QED) is 0.873. The van der Waals surface area contributed by atoms with Gasteiger partial charge in [-0.05, 0) is 36.8 Å². The summed E-state index contributed by atoms with van der Waals surface area (Å²) in [6, 6.07) is 8.90. The highest BCUT2D eigenvalue weighted by Gasteiger charge is 2.21. The van der Waals surface area contributed by atoms with Crippen LogP contribution in [0.15, 0.2) is 24.3 Å². The fraction of sp³-hybridized carbons (Fsp3) is 0.667. The number of nitrogens with zero attached hydrogens (tertiary/aromatic N) is 1. The highest BCUT2D eigenvalue weighted by atomic mass is 16.5. The maximum Gasteiger partial charge on any atom is 0.0599 e. The van der Waals surface area contributed by atoms with Crippen LogP contribution in [0, 0.1) is 0 Å². The van der Waals surface area contributed by atoms with Crippen LogP contribution in [0.25, 0.3) is 0 Å². The zero-order valence-electron chi connectivity index (χ0n) is 13.7. The molecule has 1 aliphatic heterocycles. The van der Waals surface area contributed by atoms with Crippen LogP contribution in [-0.4, -0.2) is 37.2 Å². The molecule has 0 amide bonds. The second-order valence-electron chi connectivity index (χ2n) is 6.38. The van der Waals surface area contributed by atoms with E-state index in [0.29, 0.717) is 12.0 Å². The first kappa shape index (κ1) is 16.5. The molecule has 1 atom stereocenters. The molecule has 0 aliphatic carbocycles. The van der Waals surface area contributed by atoms with Gasteiger partial charge in [0.25, 0.3) is 0 Å². The molecule has 1 aliphatic rings. The van der Waals surface area contributed by atoms with E-state index in [1.807, 2.05) is 0 Å². The second kappa shape index (κ2) is 7.92. The summed E-state index contributed by atoms with van der Waals surface area (Å²) in [6.07, 6.45) is 2.72. The normalized spacial score (nSPS) is 19.1. The lowest BCUT2D eigenvalue weighted by atomic mass is 9.98. The second-order valence-corrected chi connectivity index (χ2v) is 6.38. The molecule has 0 aromatic heterocycles. The van der Waals surface area contributed by atoms with Crippen molar-refractivity contribution in [1.29, 1.82) is 0 Å². The van der Waals surface area contributed by atoms with E-state index in [4.69, 9.17) is 10.5 Å². The Labute approximate surface area is 129 Å². The number of hydrogen-bond donors (Lipinski definition) is 1. The Morgan fingerprint density at radius 3 is 2.24 bits per heavy atom. The maximum absolute atomic E-state index is 6.37. The molecule has 1 aromatic carbocycles. The Kier molecular flexibility index (Phi) is 6.22. The standard InChI is InChI=1S/C18H30N2O/c1-4-21-17-9-11-20(12-10-17)13-18(19)16-7-5-15(6-8-16)14(2)3/h5-8,14,17-18H,4,9-13,19H2,1-3H3. The lowest BCUT2D eigenvalue weighted by molar-refractivity contribution is 0.0131. The number of likely N-dealkylation sites (tertiary alicyclic amines) is 1. The Bertz CT molecular complexity index is 408. The van der Waals surface area contributed by atoms with Crippen molar-refractivity contribution in [3.05, 3.63) is 35.4 Å². The minimum Gasteiger partial charge on any atom is -0.378 e. The zero-order valence-corrected chi connectivity index (χ0v) is 13.7. The van der Waals surface area contributed by atoms with Gasteiger partial charge in [-0.15, -0.1) is 0 Å². The Hall–Kier alpha value is -0.900. The van der Waals surface area contributed by atoms with E-state index in [1.54, 1.807) is 0 Å². The fourth-order valence-electron chi connectivity index (χ4n) is 3.01. The molecule has 118 valence electrons. The molecule has 2 N–H and O–H groups in total. The number of piperidine rings is 1. The van der Waals surface area contributed by atoms with Gasteiger partial charge in [-0.1, -0.05) is 38.1 Å². The Morgan fingerprint density at radius 1 is 1.14 bits per heavy atom. The summed E-state index contributed by atoms with van der Waals surface area (Å²) in [7, 11) is 0. The predicted molar refractivity (Wildman–Crippen MR) is 88.5 cm³/mol. The van der Waals surface area contributed by atoms with E-state index in [9.17, 15) is 0 Å². The number of ether oxygens (including phenoxy) is 1. The summed E-state index contributed by atoms with van der Waals surface area (Å²) in [5.41, 5.74) is 8.99. The summed E-state index contributed by atoms with van der Waals surface area (Å²) in [5, 5.41) is 0. The lowest BCUT2D eigenvalue weighted by Crippen LogP contribution is -2.40. The highest BCUT2D eigenvalue weighted by molar-refractivity contribution is 5.26. The van der Waals surface area contributed by atoms with Gasteiger partial charge in [0.1, 0.15) is 0 Å². The average Bonchev–Trinajstić information content (AvgIpc) is 2.49. The van der Waals surface area contributed by atoms with Gasteiger partial charge in [0, 0.05) is 32.3 Å². The predicted octanol–water partition coefficient (Wildman–Crippen LogP) is 3.31. The third-order valence-electron chi connectivity index (χ3n) is 4.42. The smallest absolute Gasteiger partial charge is 0.0599 e. The van der Waals surface area contributed by atoms with E-state index in [-0.39, 0.29) is 6.04 Å². The minimum absolute atomic E-state index is 0.106. The van der Waals surface area contributed by atoms with Gasteiger partial charge in [0.15, 0.2) is 0 Å². The summed E-state index contributed by atoms with van der Waals surface area (Å²) >= 11 is 0. The van der Waals surface area contributed by atoms with Crippen molar-refractivity contribution in [1.82, 2.24) is 4.90 Å². The molecule has 21 heavy (non-hydrogen) atoms. The minimum atomic E-state index is 0.106. The molecule has 0 saturated carbocycles. The van der Waals surface area contributed by atoms with E-state index < -0.39 is 0 Å². The lowest BCUT2D eigenvalue weighted by Gasteiger charge is -2.33. The molecule has 0 bridgehead atoms. The molecule has 1 unspecified atom stereocenters. The van der Waals surface area contributed by atoms with Crippen LogP contribution in [0.4, 0.5) is 0 Å². The van der Waals surface area contributed by atoms with Crippen LogP contribution in [0.5, 0.6) is 0 Å². The summed E-state index contributed by atoms with van der Waals surface area (Å²) in [4.78, 5) is 2.47. The molecule has 1 saturated heterocycles. The summed E-state index contributed by atoms with van der Waals surface area (Å²) < 4.78 is 5.70. The molecular weight excluding hydrogens is 260 g/mol. The van der Waals surface area contributed by atoms with Gasteiger partial charge >= 0.3 is 0 Å². The SMILES string of the molecule is CCOC1CCN(CC(N)c2ccc(C(C)C)cc2)CC1. The molecule has 3 heteroatoms. The van der Waals surface area contributed by atoms with Gasteiger partial charge < -0.3 is 15.4 Å². The average molecular weight is 290 g/mol. The van der Waals surface area contributed by atoms with Crippen LogP contribution >= 0.6 is 0 Å². The van der Waals surface area contributed by atoms with Crippen molar-refractivity contribution in [3.8, 4) is 0 Å². The van der Waals surface area contributed by atoms with E-state index in [1.165, 1.54) is 11.1 Å². The Morgan fingerprint density at radius 2 is 1.71 bits per heavy atom. The number of hydrogen-bond acceptors (Lipinski definition) is 3. The van der Waals surface area contributed by atoms with E-state index in [0.717, 1.165) is 39.1 Å². The van der Waals surface area contributed by atoms with Crippen molar-refractivity contribution >= 4 is 0 Å². The monoisotopic (exact) mass is 290 g/mol. The summed E-state index contributed by atoms with van der Waals surface area (Å²) in [5.74, 6) is 0.577. The van der Waals surface area contributed by atoms with Crippen LogP contribution in [0.1, 0.15) is 56.7 Å². The van der Waals surface area contributed by atoms with Crippen LogP contribution in [0.2, 0.25) is 0 Å². The van der Waals surface area contributed by atoms with E-state index in [2.05, 4.69) is 49.9 Å². The largest absolute Gasteiger partial charge is 0.378 e. The van der Waals surface area contributed by atoms with Gasteiger partial charge in [-0.2, -0.15) is 0 Å². The van der Waals surface area contributed by atoms with E-state index >= 15 is 0 Å². The van der Waals surface area contributed by atoms with Crippen molar-refractivity contribution in [2.24, 2.45) is 5.73 Å². The maximum atomic E-state index is 6.37. The van der Waals surface area contributed by atoms with Gasteiger partial charge in [-0.25, -0.2) is 0 Å². The fourth-order valence-corrected chi connectivity index (χ4v) is 3.01. The molecular formula is C18H30N2O. The number of nitrogens with two attached hydrogens (primary N) is 1. The third-order valence-corrected chi connectivity index (χ3v) is 4.42. The van der Waals surface area contributed by atoms with Gasteiger partial charge in [-0.3, -0.25) is 0 Å².